The van der Waals surface area contributed by atoms with E-state index in [1.165, 1.54) is 13.5 Å². The lowest BCUT2D eigenvalue weighted by atomic mass is 9.65. The molecule has 3 rings (SSSR count). The second-order valence-electron chi connectivity index (χ2n) is 7.47. The number of ether oxygens (including phenoxy) is 1. The quantitative estimate of drug-likeness (QED) is 0.769. The van der Waals surface area contributed by atoms with E-state index in [-0.39, 0.29) is 36.2 Å². The molecular formula is C17H29ClN2O3. The maximum Gasteiger partial charge on any atom is 0.331 e. The Morgan fingerprint density at radius 3 is 2.17 bits per heavy atom. The van der Waals surface area contributed by atoms with Crippen molar-refractivity contribution >= 4 is 24.3 Å². The summed E-state index contributed by atoms with van der Waals surface area (Å²) in [5, 5.41) is 3.06. The molecule has 2 atom stereocenters. The van der Waals surface area contributed by atoms with Crippen LogP contribution in [0.2, 0.25) is 0 Å². The Bertz CT molecular complexity index is 437. The molecule has 3 saturated carbocycles. The molecule has 1 amide bonds. The third-order valence-corrected chi connectivity index (χ3v) is 6.18. The van der Waals surface area contributed by atoms with E-state index in [1.807, 2.05) is 0 Å². The van der Waals surface area contributed by atoms with Crippen LogP contribution in [0, 0.1) is 17.8 Å². The van der Waals surface area contributed by atoms with Crippen LogP contribution in [0.1, 0.15) is 57.8 Å². The molecule has 3 aliphatic rings. The summed E-state index contributed by atoms with van der Waals surface area (Å²) in [4.78, 5) is 24.9. The first-order valence-corrected chi connectivity index (χ1v) is 8.72. The van der Waals surface area contributed by atoms with Crippen molar-refractivity contribution in [3.05, 3.63) is 0 Å². The van der Waals surface area contributed by atoms with Crippen molar-refractivity contribution in [3.63, 3.8) is 0 Å². The molecule has 3 aliphatic carbocycles. The molecule has 3 fully saturated rings. The second kappa shape index (κ2) is 7.39. The van der Waals surface area contributed by atoms with E-state index in [2.05, 4.69) is 5.32 Å². The van der Waals surface area contributed by atoms with E-state index >= 15 is 0 Å². The Morgan fingerprint density at radius 1 is 1.09 bits per heavy atom. The van der Waals surface area contributed by atoms with Crippen molar-refractivity contribution in [2.45, 2.75) is 69.4 Å². The molecule has 3 N–H and O–H groups in total. The number of nitrogens with two attached hydrogens (primary N) is 1. The van der Waals surface area contributed by atoms with Gasteiger partial charge in [-0.2, -0.15) is 0 Å². The number of amides is 1. The first kappa shape index (κ1) is 18.5. The minimum atomic E-state index is -0.777. The largest absolute Gasteiger partial charge is 0.467 e. The topological polar surface area (TPSA) is 81.4 Å². The predicted molar refractivity (Wildman–Crippen MR) is 90.1 cm³/mol. The van der Waals surface area contributed by atoms with Crippen LogP contribution in [0.5, 0.6) is 0 Å². The third kappa shape index (κ3) is 3.50. The van der Waals surface area contributed by atoms with Gasteiger partial charge in [-0.25, -0.2) is 4.79 Å². The summed E-state index contributed by atoms with van der Waals surface area (Å²) in [7, 11) is 1.40. The highest BCUT2D eigenvalue weighted by Gasteiger charge is 2.46. The van der Waals surface area contributed by atoms with Gasteiger partial charge in [-0.05, 0) is 50.4 Å². The predicted octanol–water partition coefficient (Wildman–Crippen LogP) is 2.16. The maximum absolute atomic E-state index is 12.8. The molecule has 0 aromatic heterocycles. The highest BCUT2D eigenvalue weighted by atomic mass is 35.5. The van der Waals surface area contributed by atoms with Crippen LogP contribution in [0.4, 0.5) is 0 Å². The molecule has 0 spiro atoms. The molecule has 0 aliphatic heterocycles. The third-order valence-electron chi connectivity index (χ3n) is 6.18. The molecule has 5 nitrogen and oxygen atoms in total. The highest BCUT2D eigenvalue weighted by molar-refractivity contribution is 5.89. The van der Waals surface area contributed by atoms with E-state index < -0.39 is 5.54 Å². The minimum Gasteiger partial charge on any atom is -0.467 e. The van der Waals surface area contributed by atoms with Gasteiger partial charge in [0.1, 0.15) is 5.54 Å². The van der Waals surface area contributed by atoms with E-state index in [0.29, 0.717) is 24.7 Å². The standard InChI is InChI=1S/C17H28N2O3.ClH/c1-22-16(21)17(7-2-3-8-17)19-15(20)13-9-11-5-4-6-12(10-13)14(11)18;/h11-14H,2-10,18H2,1H3,(H,19,20);1H. The van der Waals surface area contributed by atoms with Gasteiger partial charge in [-0.3, -0.25) is 4.79 Å². The number of hydrogen-bond donors (Lipinski definition) is 2. The molecule has 0 heterocycles. The van der Waals surface area contributed by atoms with Crippen molar-refractivity contribution in [2.24, 2.45) is 23.5 Å². The molecule has 132 valence electrons. The van der Waals surface area contributed by atoms with Crippen LogP contribution >= 0.6 is 12.4 Å². The Kier molecular flexibility index (Phi) is 5.95. The first-order chi connectivity index (χ1) is 10.6. The fourth-order valence-corrected chi connectivity index (χ4v) is 4.90. The van der Waals surface area contributed by atoms with Gasteiger partial charge in [0.05, 0.1) is 7.11 Å². The summed E-state index contributed by atoms with van der Waals surface area (Å²) < 4.78 is 4.94. The number of methoxy groups -OCH3 is 1. The molecule has 2 unspecified atom stereocenters. The lowest BCUT2D eigenvalue weighted by molar-refractivity contribution is -0.151. The lowest BCUT2D eigenvalue weighted by Crippen LogP contribution is -2.56. The van der Waals surface area contributed by atoms with Crippen molar-refractivity contribution in [1.82, 2.24) is 5.32 Å². The van der Waals surface area contributed by atoms with Crippen molar-refractivity contribution < 1.29 is 14.3 Å². The van der Waals surface area contributed by atoms with Gasteiger partial charge in [0.2, 0.25) is 5.91 Å². The summed E-state index contributed by atoms with van der Waals surface area (Å²) in [5.74, 6) is 0.709. The zero-order valence-corrected chi connectivity index (χ0v) is 14.7. The van der Waals surface area contributed by atoms with Crippen LogP contribution in [0.3, 0.4) is 0 Å². The number of halogens is 1. The molecule has 0 aromatic carbocycles. The fraction of sp³-hybridized carbons (Fsp3) is 0.882. The Morgan fingerprint density at radius 2 is 1.65 bits per heavy atom. The maximum atomic E-state index is 12.8. The number of esters is 1. The number of hydrogen-bond acceptors (Lipinski definition) is 4. The fourth-order valence-electron chi connectivity index (χ4n) is 4.90. The highest BCUT2D eigenvalue weighted by Crippen LogP contribution is 2.42. The number of carbonyl (C=O) groups is 2. The van der Waals surface area contributed by atoms with Crippen LogP contribution in [0.25, 0.3) is 0 Å². The normalized spacial score (nSPS) is 35.0. The molecule has 0 saturated heterocycles. The lowest BCUT2D eigenvalue weighted by Gasteiger charge is -2.44. The Balaban J connectivity index is 0.00000192. The smallest absolute Gasteiger partial charge is 0.331 e. The molecule has 0 aromatic rings. The Labute approximate surface area is 144 Å². The zero-order valence-electron chi connectivity index (χ0n) is 13.9. The Hall–Kier alpha value is -0.810. The van der Waals surface area contributed by atoms with Crippen LogP contribution in [-0.2, 0) is 14.3 Å². The number of nitrogens with one attached hydrogen (secondary N) is 1. The number of rotatable bonds is 3. The van der Waals surface area contributed by atoms with Crippen LogP contribution in [0.15, 0.2) is 0 Å². The first-order valence-electron chi connectivity index (χ1n) is 8.72. The SMILES string of the molecule is COC(=O)C1(NC(=O)C2CC3CCCC(C2)C3N)CCCC1.Cl. The van der Waals surface area contributed by atoms with Gasteiger partial charge in [0.25, 0.3) is 0 Å². The van der Waals surface area contributed by atoms with Crippen molar-refractivity contribution in [3.8, 4) is 0 Å². The van der Waals surface area contributed by atoms with Gasteiger partial charge in [-0.1, -0.05) is 19.3 Å². The molecule has 2 bridgehead atoms. The van der Waals surface area contributed by atoms with E-state index in [0.717, 1.165) is 38.5 Å². The van der Waals surface area contributed by atoms with Crippen LogP contribution in [-0.4, -0.2) is 30.6 Å². The summed E-state index contributed by atoms with van der Waals surface area (Å²) >= 11 is 0. The second-order valence-corrected chi connectivity index (χ2v) is 7.47. The number of fused-ring (bicyclic) bond motifs is 2. The van der Waals surface area contributed by atoms with Gasteiger partial charge in [-0.15, -0.1) is 12.4 Å². The molecular weight excluding hydrogens is 316 g/mol. The zero-order chi connectivity index (χ0) is 15.7. The molecule has 6 heteroatoms. The summed E-state index contributed by atoms with van der Waals surface area (Å²) in [6, 6.07) is 0.263. The molecule has 23 heavy (non-hydrogen) atoms. The summed E-state index contributed by atoms with van der Waals surface area (Å²) in [6.07, 6.45) is 8.61. The van der Waals surface area contributed by atoms with Gasteiger partial charge < -0.3 is 15.8 Å². The average molecular weight is 345 g/mol. The van der Waals surface area contributed by atoms with Gasteiger partial charge in [0.15, 0.2) is 0 Å². The summed E-state index contributed by atoms with van der Waals surface area (Å²) in [5.41, 5.74) is 5.52. The summed E-state index contributed by atoms with van der Waals surface area (Å²) in [6.45, 7) is 0. The van der Waals surface area contributed by atoms with Gasteiger partial charge in [0, 0.05) is 12.0 Å². The number of carbonyl (C=O) groups excluding carboxylic acids is 2. The van der Waals surface area contributed by atoms with Crippen molar-refractivity contribution in [2.75, 3.05) is 7.11 Å². The average Bonchev–Trinajstić information content (AvgIpc) is 2.95. The monoisotopic (exact) mass is 344 g/mol. The van der Waals surface area contributed by atoms with E-state index in [4.69, 9.17) is 10.5 Å². The molecule has 0 radical (unpaired) electrons. The van der Waals surface area contributed by atoms with Crippen molar-refractivity contribution in [1.29, 1.82) is 0 Å². The van der Waals surface area contributed by atoms with Crippen LogP contribution < -0.4 is 11.1 Å². The van der Waals surface area contributed by atoms with E-state index in [1.54, 1.807) is 0 Å². The van der Waals surface area contributed by atoms with E-state index in [9.17, 15) is 9.59 Å². The van der Waals surface area contributed by atoms with Gasteiger partial charge >= 0.3 is 5.97 Å². The minimum absolute atomic E-state index is 0.